The van der Waals surface area contributed by atoms with Gasteiger partial charge in [0.1, 0.15) is 18.6 Å². The molecule has 0 saturated heterocycles. The molecule has 0 spiro atoms. The zero-order chi connectivity index (χ0) is 18.2. The molecule has 0 unspecified atom stereocenters. The van der Waals surface area contributed by atoms with Crippen molar-refractivity contribution >= 4 is 17.6 Å². The van der Waals surface area contributed by atoms with Gasteiger partial charge in [-0.15, -0.1) is 0 Å². The number of benzene rings is 1. The molecule has 7 nitrogen and oxygen atoms in total. The van der Waals surface area contributed by atoms with Crippen LogP contribution < -0.4 is 9.64 Å². The Morgan fingerprint density at radius 1 is 1.40 bits per heavy atom. The number of hydrogen-bond donors (Lipinski definition) is 1. The molecule has 0 fully saturated rings. The Labute approximate surface area is 145 Å². The number of ether oxygens (including phenoxy) is 1. The third-order valence-electron chi connectivity index (χ3n) is 4.63. The number of carboxylic acids is 1. The number of amides is 1. The molecule has 1 N–H and O–H groups in total. The number of carbonyl (C=O) groups is 2. The van der Waals surface area contributed by atoms with Gasteiger partial charge in [0.25, 0.3) is 5.91 Å². The van der Waals surface area contributed by atoms with Gasteiger partial charge < -0.3 is 14.3 Å². The van der Waals surface area contributed by atoms with Crippen LogP contribution in [0.5, 0.6) is 5.75 Å². The highest BCUT2D eigenvalue weighted by Gasteiger charge is 2.29. The number of nitrogens with zero attached hydrogens (tertiary/aromatic N) is 2. The molecule has 0 radical (unpaired) electrons. The molecule has 0 saturated carbocycles. The van der Waals surface area contributed by atoms with Crippen LogP contribution in [0.3, 0.4) is 0 Å². The van der Waals surface area contributed by atoms with Gasteiger partial charge in [-0.1, -0.05) is 26.8 Å². The Morgan fingerprint density at radius 3 is 2.80 bits per heavy atom. The number of carboxylic acid groups (broad SMARTS) is 1. The average Bonchev–Trinajstić information content (AvgIpc) is 3.06. The lowest BCUT2D eigenvalue weighted by Gasteiger charge is -2.31. The highest BCUT2D eigenvalue weighted by Crippen LogP contribution is 2.38. The van der Waals surface area contributed by atoms with Gasteiger partial charge in [0.15, 0.2) is 12.3 Å². The zero-order valence-electron chi connectivity index (χ0n) is 14.4. The maximum absolute atomic E-state index is 12.3. The largest absolute Gasteiger partial charge is 0.482 e. The lowest BCUT2D eigenvalue weighted by molar-refractivity contribution is -0.121. The summed E-state index contributed by atoms with van der Waals surface area (Å²) < 4.78 is 10.7. The molecule has 2 aromatic rings. The van der Waals surface area contributed by atoms with Crippen LogP contribution in [0.25, 0.3) is 0 Å². The molecule has 2 heterocycles. The van der Waals surface area contributed by atoms with E-state index in [0.29, 0.717) is 11.4 Å². The number of aromatic carboxylic acids is 1. The van der Waals surface area contributed by atoms with Gasteiger partial charge in [0, 0.05) is 0 Å². The van der Waals surface area contributed by atoms with Crippen molar-refractivity contribution in [3.8, 4) is 5.75 Å². The van der Waals surface area contributed by atoms with E-state index < -0.39 is 5.97 Å². The van der Waals surface area contributed by atoms with E-state index in [2.05, 4.69) is 25.8 Å². The van der Waals surface area contributed by atoms with Crippen molar-refractivity contribution in [3.05, 3.63) is 41.6 Å². The number of rotatable bonds is 5. The monoisotopic (exact) mass is 344 g/mol. The third-order valence-corrected chi connectivity index (χ3v) is 4.63. The first-order valence-corrected chi connectivity index (χ1v) is 8.07. The summed E-state index contributed by atoms with van der Waals surface area (Å²) in [4.78, 5) is 28.7. The number of carbonyl (C=O) groups excluding carboxylic acids is 1. The first-order chi connectivity index (χ1) is 11.8. The average molecular weight is 344 g/mol. The van der Waals surface area contributed by atoms with E-state index in [9.17, 15) is 9.59 Å². The van der Waals surface area contributed by atoms with E-state index in [-0.39, 0.29) is 36.1 Å². The van der Waals surface area contributed by atoms with Crippen LogP contribution in [-0.4, -0.2) is 28.6 Å². The van der Waals surface area contributed by atoms with Crippen LogP contribution in [-0.2, 0) is 16.8 Å². The lowest BCUT2D eigenvalue weighted by atomic mass is 9.82. The van der Waals surface area contributed by atoms with Gasteiger partial charge in [-0.3, -0.25) is 9.69 Å². The third kappa shape index (κ3) is 3.22. The van der Waals surface area contributed by atoms with Crippen molar-refractivity contribution in [2.24, 2.45) is 0 Å². The molecule has 25 heavy (non-hydrogen) atoms. The molecule has 0 bridgehead atoms. The molecule has 1 aromatic carbocycles. The van der Waals surface area contributed by atoms with Crippen molar-refractivity contribution in [2.45, 2.75) is 39.2 Å². The summed E-state index contributed by atoms with van der Waals surface area (Å²) in [6.07, 6.45) is 2.02. The zero-order valence-corrected chi connectivity index (χ0v) is 14.4. The summed E-state index contributed by atoms with van der Waals surface area (Å²) in [5, 5.41) is 8.94. The second kappa shape index (κ2) is 6.23. The topological polar surface area (TPSA) is 92.9 Å². The van der Waals surface area contributed by atoms with Crippen molar-refractivity contribution in [2.75, 3.05) is 11.5 Å². The minimum Gasteiger partial charge on any atom is -0.482 e. The number of fused-ring (bicyclic) bond motifs is 1. The number of oxazole rings is 1. The second-order valence-electron chi connectivity index (χ2n) is 6.62. The molecule has 1 aliphatic heterocycles. The Morgan fingerprint density at radius 2 is 2.16 bits per heavy atom. The first-order valence-electron chi connectivity index (χ1n) is 8.07. The van der Waals surface area contributed by atoms with E-state index in [0.717, 1.165) is 18.2 Å². The molecule has 3 rings (SSSR count). The summed E-state index contributed by atoms with van der Waals surface area (Å²) in [5.41, 5.74) is 1.51. The fourth-order valence-electron chi connectivity index (χ4n) is 2.62. The smallest absolute Gasteiger partial charge is 0.357 e. The maximum Gasteiger partial charge on any atom is 0.357 e. The highest BCUT2D eigenvalue weighted by atomic mass is 16.5. The van der Waals surface area contributed by atoms with Gasteiger partial charge in [-0.2, -0.15) is 0 Å². The Hall–Kier alpha value is -2.83. The number of aromatic nitrogens is 1. The van der Waals surface area contributed by atoms with Crippen LogP contribution in [0.2, 0.25) is 0 Å². The van der Waals surface area contributed by atoms with Crippen LogP contribution in [0, 0.1) is 0 Å². The van der Waals surface area contributed by atoms with Gasteiger partial charge in [-0.05, 0) is 29.5 Å². The van der Waals surface area contributed by atoms with Gasteiger partial charge >= 0.3 is 5.97 Å². The number of hydrogen-bond acceptors (Lipinski definition) is 5. The lowest BCUT2D eigenvalue weighted by Crippen LogP contribution is -2.38. The molecule has 0 aliphatic carbocycles. The summed E-state index contributed by atoms with van der Waals surface area (Å²) in [5.74, 6) is -0.622. The summed E-state index contributed by atoms with van der Waals surface area (Å²) >= 11 is 0. The van der Waals surface area contributed by atoms with Crippen LogP contribution in [0.4, 0.5) is 5.69 Å². The maximum atomic E-state index is 12.3. The molecule has 1 aromatic heterocycles. The molecule has 1 aliphatic rings. The van der Waals surface area contributed by atoms with Crippen molar-refractivity contribution in [1.29, 1.82) is 0 Å². The van der Waals surface area contributed by atoms with Crippen LogP contribution in [0.1, 0.15) is 49.1 Å². The van der Waals surface area contributed by atoms with E-state index in [1.807, 2.05) is 18.2 Å². The van der Waals surface area contributed by atoms with Gasteiger partial charge in [-0.25, -0.2) is 9.78 Å². The predicted molar refractivity (Wildman–Crippen MR) is 89.9 cm³/mol. The fourth-order valence-corrected chi connectivity index (χ4v) is 2.62. The van der Waals surface area contributed by atoms with E-state index in [1.54, 1.807) is 0 Å². The molecular weight excluding hydrogens is 324 g/mol. The predicted octanol–water partition coefficient (Wildman–Crippen LogP) is 2.99. The van der Waals surface area contributed by atoms with E-state index in [1.165, 1.54) is 4.90 Å². The Balaban J connectivity index is 1.96. The first kappa shape index (κ1) is 17.0. The minimum atomic E-state index is -1.17. The molecule has 132 valence electrons. The summed E-state index contributed by atoms with van der Waals surface area (Å²) in [7, 11) is 0. The van der Waals surface area contributed by atoms with E-state index in [4.69, 9.17) is 14.3 Å². The molecule has 1 amide bonds. The second-order valence-corrected chi connectivity index (χ2v) is 6.62. The SMILES string of the molecule is CCC(C)(C)c1ccc2c(c1)N(Cc1nc(C(=O)O)co1)C(=O)CO2. The summed E-state index contributed by atoms with van der Waals surface area (Å²) in [6.45, 7) is 6.36. The van der Waals surface area contributed by atoms with Crippen LogP contribution in [0.15, 0.2) is 28.9 Å². The highest BCUT2D eigenvalue weighted by molar-refractivity contribution is 5.97. The Bertz CT molecular complexity index is 825. The van der Waals surface area contributed by atoms with Gasteiger partial charge in [0.05, 0.1) is 5.69 Å². The van der Waals surface area contributed by atoms with Crippen LogP contribution >= 0.6 is 0 Å². The van der Waals surface area contributed by atoms with Crippen molar-refractivity contribution in [1.82, 2.24) is 4.98 Å². The number of anilines is 1. The van der Waals surface area contributed by atoms with E-state index >= 15 is 0 Å². The van der Waals surface area contributed by atoms with Crippen molar-refractivity contribution < 1.29 is 23.8 Å². The minimum absolute atomic E-state index is 0.0411. The summed E-state index contributed by atoms with van der Waals surface area (Å²) in [6, 6.07) is 5.81. The quantitative estimate of drug-likeness (QED) is 0.896. The molecule has 0 atom stereocenters. The normalized spacial score (nSPS) is 14.2. The molecule has 7 heteroatoms. The molecular formula is C18H20N2O5. The standard InChI is InChI=1S/C18H20N2O5/c1-4-18(2,3)11-5-6-14-13(7-11)20(16(21)10-24-14)8-15-19-12(9-25-15)17(22)23/h5-7,9H,4,8,10H2,1-3H3,(H,22,23). The Kier molecular flexibility index (Phi) is 4.24. The van der Waals surface area contributed by atoms with Crippen molar-refractivity contribution in [3.63, 3.8) is 0 Å². The van der Waals surface area contributed by atoms with Gasteiger partial charge in [0.2, 0.25) is 5.89 Å². The fraction of sp³-hybridized carbons (Fsp3) is 0.389.